The molecule has 85 valence electrons. The van der Waals surface area contributed by atoms with E-state index in [1.165, 1.54) is 0 Å². The molecule has 0 aliphatic heterocycles. The van der Waals surface area contributed by atoms with Crippen molar-refractivity contribution in [3.63, 3.8) is 0 Å². The molecule has 18 heavy (non-hydrogen) atoms. The zero-order chi connectivity index (χ0) is 11.9. The van der Waals surface area contributed by atoms with Crippen molar-refractivity contribution in [3.05, 3.63) is 49.4 Å². The van der Waals surface area contributed by atoms with Crippen molar-refractivity contribution >= 4 is 11.4 Å². The van der Waals surface area contributed by atoms with Crippen molar-refractivity contribution in [2.75, 3.05) is 0 Å². The van der Waals surface area contributed by atoms with Gasteiger partial charge in [-0.1, -0.05) is 0 Å². The highest BCUT2D eigenvalue weighted by molar-refractivity contribution is 5.75. The number of hydrogen-bond acceptors (Lipinski definition) is 4. The molecule has 6 nitrogen and oxygen atoms in total. The third-order valence-electron chi connectivity index (χ3n) is 2.78. The Morgan fingerprint density at radius 1 is 1.06 bits per heavy atom. The molecular weight excluding hydrogens is 228 g/mol. The van der Waals surface area contributed by atoms with Gasteiger partial charge in [0.2, 0.25) is 5.78 Å². The van der Waals surface area contributed by atoms with Gasteiger partial charge in [0.15, 0.2) is 5.65 Å². The molecule has 4 heterocycles. The van der Waals surface area contributed by atoms with E-state index in [-0.39, 0.29) is 0 Å². The molecule has 0 saturated heterocycles. The second-order valence-electron chi connectivity index (χ2n) is 3.84. The largest absolute Gasteiger partial charge is 0.291 e. The quantitative estimate of drug-likeness (QED) is 0.498. The van der Waals surface area contributed by atoms with Crippen LogP contribution >= 0.6 is 0 Å². The highest BCUT2D eigenvalue weighted by atomic mass is 15.2. The Kier molecular flexibility index (Phi) is 1.74. The molecular formula is C12H7N6. The van der Waals surface area contributed by atoms with Crippen molar-refractivity contribution in [2.45, 2.75) is 0 Å². The highest BCUT2D eigenvalue weighted by Gasteiger charge is 2.07. The molecule has 6 heteroatoms. The van der Waals surface area contributed by atoms with E-state index >= 15 is 0 Å². The lowest BCUT2D eigenvalue weighted by molar-refractivity contribution is 0.936. The summed E-state index contributed by atoms with van der Waals surface area (Å²) in [5, 5.41) is 4.18. The van der Waals surface area contributed by atoms with Crippen LogP contribution in [0.25, 0.3) is 22.6 Å². The van der Waals surface area contributed by atoms with Crippen molar-refractivity contribution < 1.29 is 0 Å². The van der Waals surface area contributed by atoms with Crippen molar-refractivity contribution in [2.24, 2.45) is 0 Å². The van der Waals surface area contributed by atoms with E-state index < -0.39 is 0 Å². The van der Waals surface area contributed by atoms with Gasteiger partial charge in [-0.15, -0.1) is 0 Å². The average molecular weight is 235 g/mol. The van der Waals surface area contributed by atoms with Crippen molar-refractivity contribution in [3.8, 4) is 11.1 Å². The van der Waals surface area contributed by atoms with Gasteiger partial charge in [0.1, 0.15) is 6.20 Å². The number of aromatic nitrogens is 6. The van der Waals surface area contributed by atoms with E-state index in [0.29, 0.717) is 5.78 Å². The van der Waals surface area contributed by atoms with Gasteiger partial charge in [0, 0.05) is 48.3 Å². The predicted molar refractivity (Wildman–Crippen MR) is 63.8 cm³/mol. The lowest BCUT2D eigenvalue weighted by Gasteiger charge is -2.02. The van der Waals surface area contributed by atoms with Crippen LogP contribution < -0.4 is 0 Å². The molecule has 4 aromatic heterocycles. The first-order chi connectivity index (χ1) is 8.92. The van der Waals surface area contributed by atoms with Crippen LogP contribution in [0.15, 0.2) is 43.2 Å². The van der Waals surface area contributed by atoms with Crippen LogP contribution in [-0.2, 0) is 0 Å². The van der Waals surface area contributed by atoms with E-state index in [1.54, 1.807) is 23.1 Å². The molecule has 0 aromatic carbocycles. The standard InChI is InChI=1S/C12H7N6/c1-2-16-18-6-4-13-11(18)10(1)9-7-15-12-14-3-5-17(12)8-9/h1-6,8H. The molecule has 0 saturated carbocycles. The molecule has 4 aromatic rings. The fraction of sp³-hybridized carbons (Fsp3) is 0. The van der Waals surface area contributed by atoms with Crippen LogP contribution in [0.2, 0.25) is 0 Å². The summed E-state index contributed by atoms with van der Waals surface area (Å²) in [5.74, 6) is 0.632. The third kappa shape index (κ3) is 1.22. The minimum atomic E-state index is 0.632. The lowest BCUT2D eigenvalue weighted by atomic mass is 10.1. The van der Waals surface area contributed by atoms with Crippen LogP contribution in [0, 0.1) is 6.20 Å². The van der Waals surface area contributed by atoms with Gasteiger partial charge in [0.25, 0.3) is 0 Å². The molecule has 0 unspecified atom stereocenters. The first-order valence-corrected chi connectivity index (χ1v) is 5.42. The molecule has 0 spiro atoms. The summed E-state index contributed by atoms with van der Waals surface area (Å²) < 4.78 is 3.58. The molecule has 4 rings (SSSR count). The summed E-state index contributed by atoms with van der Waals surface area (Å²) in [6.07, 6.45) is 13.7. The summed E-state index contributed by atoms with van der Waals surface area (Å²) >= 11 is 0. The third-order valence-corrected chi connectivity index (χ3v) is 2.78. The molecule has 0 bridgehead atoms. The van der Waals surface area contributed by atoms with Crippen LogP contribution in [0.4, 0.5) is 0 Å². The van der Waals surface area contributed by atoms with Gasteiger partial charge in [0.05, 0.1) is 0 Å². The Hall–Kier alpha value is -2.76. The number of fused-ring (bicyclic) bond motifs is 2. The van der Waals surface area contributed by atoms with Crippen LogP contribution in [0.3, 0.4) is 0 Å². The summed E-state index contributed by atoms with van der Waals surface area (Å²) in [7, 11) is 0. The Balaban J connectivity index is 2.03. The number of nitrogens with zero attached hydrogens (tertiary/aromatic N) is 6. The highest BCUT2D eigenvalue weighted by Crippen LogP contribution is 2.21. The molecule has 0 fully saturated rings. The SMILES string of the molecule is [c]1nc2nccn2cc1-c1ccnn2ccnc12. The van der Waals surface area contributed by atoms with E-state index in [0.717, 1.165) is 16.8 Å². The maximum atomic E-state index is 4.29. The maximum absolute atomic E-state index is 4.29. The van der Waals surface area contributed by atoms with E-state index in [1.807, 2.05) is 29.1 Å². The number of hydrogen-bond donors (Lipinski definition) is 0. The molecule has 1 radical (unpaired) electrons. The van der Waals surface area contributed by atoms with Crippen LogP contribution in [0.1, 0.15) is 0 Å². The molecule has 0 atom stereocenters. The summed E-state index contributed by atoms with van der Waals surface area (Å²) in [6.45, 7) is 0. The average Bonchev–Trinajstić information content (AvgIpc) is 3.05. The maximum Gasteiger partial charge on any atom is 0.234 e. The van der Waals surface area contributed by atoms with E-state index in [2.05, 4.69) is 26.2 Å². The monoisotopic (exact) mass is 235 g/mol. The fourth-order valence-corrected chi connectivity index (χ4v) is 1.95. The second-order valence-corrected chi connectivity index (χ2v) is 3.84. The topological polar surface area (TPSA) is 60.4 Å². The van der Waals surface area contributed by atoms with Gasteiger partial charge in [-0.05, 0) is 6.07 Å². The van der Waals surface area contributed by atoms with Crippen molar-refractivity contribution in [1.82, 2.24) is 29.0 Å². The zero-order valence-corrected chi connectivity index (χ0v) is 9.22. The zero-order valence-electron chi connectivity index (χ0n) is 9.22. The minimum absolute atomic E-state index is 0.632. The van der Waals surface area contributed by atoms with Gasteiger partial charge < -0.3 is 0 Å². The number of imidazole rings is 2. The fourth-order valence-electron chi connectivity index (χ4n) is 1.95. The Bertz CT molecular complexity index is 844. The molecule has 0 N–H and O–H groups in total. The van der Waals surface area contributed by atoms with Gasteiger partial charge in [-0.2, -0.15) is 5.10 Å². The molecule has 0 amide bonds. The van der Waals surface area contributed by atoms with Crippen LogP contribution in [-0.4, -0.2) is 29.0 Å². The lowest BCUT2D eigenvalue weighted by Crippen LogP contribution is -1.95. The summed E-state index contributed by atoms with van der Waals surface area (Å²) in [4.78, 5) is 12.6. The summed E-state index contributed by atoms with van der Waals surface area (Å²) in [5.41, 5.74) is 2.59. The first-order valence-electron chi connectivity index (χ1n) is 5.42. The Morgan fingerprint density at radius 2 is 2.00 bits per heavy atom. The molecule has 0 aliphatic rings. The predicted octanol–water partition coefficient (Wildman–Crippen LogP) is 1.24. The smallest absolute Gasteiger partial charge is 0.234 e. The van der Waals surface area contributed by atoms with Gasteiger partial charge in [-0.3, -0.25) is 4.40 Å². The normalized spacial score (nSPS) is 11.3. The van der Waals surface area contributed by atoms with Crippen molar-refractivity contribution in [1.29, 1.82) is 0 Å². The minimum Gasteiger partial charge on any atom is -0.291 e. The van der Waals surface area contributed by atoms with Gasteiger partial charge in [-0.25, -0.2) is 19.5 Å². The summed E-state index contributed by atoms with van der Waals surface area (Å²) in [6, 6.07) is 1.90. The Morgan fingerprint density at radius 3 is 3.00 bits per heavy atom. The van der Waals surface area contributed by atoms with Gasteiger partial charge >= 0.3 is 0 Å². The second kappa shape index (κ2) is 3.36. The molecule has 0 aliphatic carbocycles. The number of rotatable bonds is 1. The Labute approximate surface area is 102 Å². The van der Waals surface area contributed by atoms with E-state index in [9.17, 15) is 0 Å². The van der Waals surface area contributed by atoms with Crippen LogP contribution in [0.5, 0.6) is 0 Å². The van der Waals surface area contributed by atoms with E-state index in [4.69, 9.17) is 0 Å². The first kappa shape index (κ1) is 9.29.